The number of aryl methyl sites for hydroxylation is 1. The van der Waals surface area contributed by atoms with Crippen LogP contribution in [0, 0.1) is 6.92 Å². The van der Waals surface area contributed by atoms with Crippen LogP contribution in [0.3, 0.4) is 0 Å². The number of piperidine rings is 1. The third kappa shape index (κ3) is 4.26. The van der Waals surface area contributed by atoms with E-state index in [0.717, 1.165) is 23.1 Å². The van der Waals surface area contributed by atoms with Crippen LogP contribution in [0.15, 0.2) is 76.5 Å². The van der Waals surface area contributed by atoms with Crippen LogP contribution < -0.4 is 0 Å². The lowest BCUT2D eigenvalue weighted by atomic mass is 9.85. The lowest BCUT2D eigenvalue weighted by Gasteiger charge is -2.39. The van der Waals surface area contributed by atoms with Crippen LogP contribution in [0.4, 0.5) is 0 Å². The minimum absolute atomic E-state index is 0.325. The summed E-state index contributed by atoms with van der Waals surface area (Å²) in [5.41, 5.74) is 4.33. The molecule has 0 aromatic heterocycles. The zero-order chi connectivity index (χ0) is 23.2. The van der Waals surface area contributed by atoms with Gasteiger partial charge in [0.15, 0.2) is 0 Å². The first kappa shape index (κ1) is 22.7. The molecule has 1 fully saturated rings. The normalized spacial score (nSPS) is 18.9. The molecule has 33 heavy (non-hydrogen) atoms. The maximum absolute atomic E-state index is 13.5. The molecule has 6 heteroatoms. The Kier molecular flexibility index (Phi) is 5.90. The molecule has 1 N–H and O–H groups in total. The van der Waals surface area contributed by atoms with Crippen molar-refractivity contribution in [2.75, 3.05) is 13.1 Å². The second-order valence-corrected chi connectivity index (χ2v) is 12.6. The Bertz CT molecular complexity index is 1280. The summed E-state index contributed by atoms with van der Waals surface area (Å²) in [6, 6.07) is 22.3. The predicted molar refractivity (Wildman–Crippen MR) is 133 cm³/mol. The van der Waals surface area contributed by atoms with Crippen LogP contribution in [0.25, 0.3) is 0 Å². The summed E-state index contributed by atoms with van der Waals surface area (Å²) in [7, 11) is -3.53. The standard InChI is InChI=1S/C27H29NO3S2/c1-19-7-10-24(11-8-19)27(29)13-15-28(16-14-27)33(30,31)20(2)21-9-12-26-23(17-21)18-22-5-3-4-6-25(22)32-26/h3-12,17,20,29H,13-16,18H2,1-2H3. The first-order valence-electron chi connectivity index (χ1n) is 11.4. The Morgan fingerprint density at radius 2 is 1.61 bits per heavy atom. The van der Waals surface area contributed by atoms with E-state index in [1.165, 1.54) is 20.9 Å². The first-order chi connectivity index (χ1) is 15.8. The van der Waals surface area contributed by atoms with Gasteiger partial charge in [-0.25, -0.2) is 12.7 Å². The molecule has 0 bridgehead atoms. The monoisotopic (exact) mass is 479 g/mol. The number of fused-ring (bicyclic) bond motifs is 2. The fourth-order valence-corrected chi connectivity index (χ4v) is 7.50. The van der Waals surface area contributed by atoms with Gasteiger partial charge in [-0.1, -0.05) is 71.9 Å². The van der Waals surface area contributed by atoms with E-state index in [2.05, 4.69) is 36.4 Å². The van der Waals surface area contributed by atoms with Gasteiger partial charge in [0.1, 0.15) is 0 Å². The van der Waals surface area contributed by atoms with Crippen LogP contribution in [-0.2, 0) is 22.0 Å². The van der Waals surface area contributed by atoms with Crippen molar-refractivity contribution in [3.63, 3.8) is 0 Å². The highest BCUT2D eigenvalue weighted by atomic mass is 32.2. The topological polar surface area (TPSA) is 57.6 Å². The van der Waals surface area contributed by atoms with Crippen molar-refractivity contribution in [2.45, 2.75) is 53.8 Å². The third-order valence-corrected chi connectivity index (χ3v) is 10.6. The lowest BCUT2D eigenvalue weighted by molar-refractivity contribution is -0.00975. The zero-order valence-electron chi connectivity index (χ0n) is 19.0. The number of sulfonamides is 1. The Hall–Kier alpha value is -2.12. The van der Waals surface area contributed by atoms with E-state index in [1.807, 2.05) is 37.3 Å². The van der Waals surface area contributed by atoms with Crippen LogP contribution in [0.5, 0.6) is 0 Å². The van der Waals surface area contributed by atoms with Crippen LogP contribution in [0.2, 0.25) is 0 Å². The molecule has 2 heterocycles. The maximum atomic E-state index is 13.5. The Balaban J connectivity index is 1.32. The molecule has 1 atom stereocenters. The number of aliphatic hydroxyl groups is 1. The summed E-state index contributed by atoms with van der Waals surface area (Å²) in [4.78, 5) is 2.47. The van der Waals surface area contributed by atoms with Crippen LogP contribution in [0.1, 0.15) is 52.8 Å². The van der Waals surface area contributed by atoms with Gasteiger partial charge < -0.3 is 5.11 Å². The molecule has 0 amide bonds. The van der Waals surface area contributed by atoms with Gasteiger partial charge in [0, 0.05) is 22.9 Å². The number of nitrogens with zero attached hydrogens (tertiary/aromatic N) is 1. The summed E-state index contributed by atoms with van der Waals surface area (Å²) >= 11 is 1.75. The van der Waals surface area contributed by atoms with Gasteiger partial charge in [-0.2, -0.15) is 0 Å². The number of rotatable bonds is 4. The summed E-state index contributed by atoms with van der Waals surface area (Å²) in [6.45, 7) is 4.45. The zero-order valence-corrected chi connectivity index (χ0v) is 20.6. The fourth-order valence-electron chi connectivity index (χ4n) is 4.82. The third-order valence-electron chi connectivity index (χ3n) is 7.07. The molecule has 4 nitrogen and oxygen atoms in total. The highest BCUT2D eigenvalue weighted by Gasteiger charge is 2.39. The molecule has 0 aliphatic carbocycles. The number of benzene rings is 3. The second-order valence-electron chi connectivity index (χ2n) is 9.24. The van der Waals surface area contributed by atoms with E-state index in [9.17, 15) is 13.5 Å². The highest BCUT2D eigenvalue weighted by Crippen LogP contribution is 2.41. The molecule has 0 radical (unpaired) electrons. The van der Waals surface area contributed by atoms with Crippen molar-refractivity contribution >= 4 is 21.8 Å². The van der Waals surface area contributed by atoms with Gasteiger partial charge in [0.25, 0.3) is 0 Å². The predicted octanol–water partition coefficient (Wildman–Crippen LogP) is 5.42. The average molecular weight is 480 g/mol. The van der Waals surface area contributed by atoms with Crippen LogP contribution >= 0.6 is 11.8 Å². The fraction of sp³-hybridized carbons (Fsp3) is 0.333. The van der Waals surface area contributed by atoms with Gasteiger partial charge in [0.2, 0.25) is 10.0 Å². The van der Waals surface area contributed by atoms with Crippen molar-refractivity contribution < 1.29 is 13.5 Å². The molecule has 2 aliphatic rings. The minimum atomic E-state index is -3.53. The SMILES string of the molecule is Cc1ccc(C2(O)CCN(S(=O)(=O)C(C)c3ccc4c(c3)Cc3ccccc3S4)CC2)cc1. The quantitative estimate of drug-likeness (QED) is 0.424. The summed E-state index contributed by atoms with van der Waals surface area (Å²) in [5.74, 6) is 0. The maximum Gasteiger partial charge on any atom is 0.220 e. The number of hydrogen-bond donors (Lipinski definition) is 1. The van der Waals surface area contributed by atoms with E-state index in [0.29, 0.717) is 25.9 Å². The van der Waals surface area contributed by atoms with E-state index in [1.54, 1.807) is 23.0 Å². The molecule has 1 unspecified atom stereocenters. The van der Waals surface area contributed by atoms with Gasteiger partial charge in [0.05, 0.1) is 10.9 Å². The van der Waals surface area contributed by atoms with E-state index in [-0.39, 0.29) is 0 Å². The Labute approximate surface area is 200 Å². The van der Waals surface area contributed by atoms with Gasteiger partial charge in [-0.05, 0) is 67.5 Å². The Morgan fingerprint density at radius 1 is 0.939 bits per heavy atom. The van der Waals surface area contributed by atoms with Crippen molar-refractivity contribution in [2.24, 2.45) is 0 Å². The highest BCUT2D eigenvalue weighted by molar-refractivity contribution is 7.99. The summed E-state index contributed by atoms with van der Waals surface area (Å²) in [6.07, 6.45) is 1.63. The van der Waals surface area contributed by atoms with Crippen molar-refractivity contribution in [1.82, 2.24) is 4.31 Å². The molecular formula is C27H29NO3S2. The molecular weight excluding hydrogens is 450 g/mol. The Morgan fingerprint density at radius 3 is 2.33 bits per heavy atom. The van der Waals surface area contributed by atoms with Gasteiger partial charge in [-0.3, -0.25) is 0 Å². The van der Waals surface area contributed by atoms with E-state index >= 15 is 0 Å². The largest absolute Gasteiger partial charge is 0.385 e. The molecule has 2 aliphatic heterocycles. The summed E-state index contributed by atoms with van der Waals surface area (Å²) < 4.78 is 28.5. The van der Waals surface area contributed by atoms with Crippen molar-refractivity contribution in [1.29, 1.82) is 0 Å². The molecule has 5 rings (SSSR count). The van der Waals surface area contributed by atoms with E-state index < -0.39 is 20.9 Å². The molecule has 0 spiro atoms. The summed E-state index contributed by atoms with van der Waals surface area (Å²) in [5, 5.41) is 10.5. The van der Waals surface area contributed by atoms with E-state index in [4.69, 9.17) is 0 Å². The minimum Gasteiger partial charge on any atom is -0.385 e. The average Bonchev–Trinajstić information content (AvgIpc) is 2.82. The van der Waals surface area contributed by atoms with Gasteiger partial charge in [-0.15, -0.1) is 0 Å². The molecule has 3 aromatic rings. The smallest absolute Gasteiger partial charge is 0.220 e. The number of hydrogen-bond acceptors (Lipinski definition) is 4. The molecule has 172 valence electrons. The molecule has 1 saturated heterocycles. The molecule has 0 saturated carbocycles. The second kappa shape index (κ2) is 8.58. The first-order valence-corrected chi connectivity index (χ1v) is 13.8. The van der Waals surface area contributed by atoms with Crippen molar-refractivity contribution in [3.05, 3.63) is 94.5 Å². The van der Waals surface area contributed by atoms with Gasteiger partial charge >= 0.3 is 0 Å². The lowest BCUT2D eigenvalue weighted by Crippen LogP contribution is -2.46. The van der Waals surface area contributed by atoms with Crippen LogP contribution in [-0.4, -0.2) is 30.9 Å². The molecule has 3 aromatic carbocycles. The van der Waals surface area contributed by atoms with Crippen molar-refractivity contribution in [3.8, 4) is 0 Å².